The number of amides is 1. The normalized spacial score (nSPS) is 12.2. The van der Waals surface area contributed by atoms with Gasteiger partial charge in [0, 0.05) is 18.7 Å². The molecule has 106 valence electrons. The monoisotopic (exact) mass is 312 g/mol. The van der Waals surface area contributed by atoms with Crippen LogP contribution in [-0.2, 0) is 6.42 Å². The topological polar surface area (TPSA) is 55.1 Å². The first-order valence-corrected chi connectivity index (χ1v) is 6.96. The summed E-state index contributed by atoms with van der Waals surface area (Å²) in [6.07, 6.45) is 4.60. The second-order valence-corrected chi connectivity index (χ2v) is 5.25. The maximum absolute atomic E-state index is 12.0. The summed E-state index contributed by atoms with van der Waals surface area (Å²) in [7, 11) is 0. The number of pyridine rings is 1. The van der Waals surface area contributed by atoms with E-state index in [1.807, 2.05) is 19.1 Å². The van der Waals surface area contributed by atoms with Crippen molar-refractivity contribution < 1.29 is 9.21 Å². The fourth-order valence-electron chi connectivity index (χ4n) is 1.74. The van der Waals surface area contributed by atoms with Crippen LogP contribution >= 0.6 is 23.2 Å². The molecule has 20 heavy (non-hydrogen) atoms. The van der Waals surface area contributed by atoms with Crippen LogP contribution in [0.1, 0.15) is 29.5 Å². The fraction of sp³-hybridized carbons (Fsp3) is 0.286. The predicted octanol–water partition coefficient (Wildman–Crippen LogP) is 3.73. The maximum atomic E-state index is 12.0. The van der Waals surface area contributed by atoms with Gasteiger partial charge in [0.1, 0.15) is 10.9 Å². The van der Waals surface area contributed by atoms with Gasteiger partial charge < -0.3 is 9.73 Å². The van der Waals surface area contributed by atoms with Crippen LogP contribution in [-0.4, -0.2) is 16.9 Å². The molecule has 6 heteroatoms. The Balaban J connectivity index is 1.88. The van der Waals surface area contributed by atoms with Crippen LogP contribution in [0.25, 0.3) is 0 Å². The van der Waals surface area contributed by atoms with Crippen LogP contribution in [0.3, 0.4) is 0 Å². The first kappa shape index (κ1) is 14.9. The molecule has 1 atom stereocenters. The molecule has 2 rings (SSSR count). The molecule has 0 aromatic carbocycles. The highest BCUT2D eigenvalue weighted by atomic mass is 35.5. The number of hydrogen-bond donors (Lipinski definition) is 1. The lowest BCUT2D eigenvalue weighted by molar-refractivity contribution is 0.0937. The average Bonchev–Trinajstić information content (AvgIpc) is 2.92. The summed E-state index contributed by atoms with van der Waals surface area (Å²) in [6, 6.07) is 5.28. The minimum absolute atomic E-state index is 0.0158. The first-order chi connectivity index (χ1) is 9.56. The van der Waals surface area contributed by atoms with E-state index < -0.39 is 0 Å². The fourth-order valence-corrected chi connectivity index (χ4v) is 2.01. The molecule has 0 spiro atoms. The van der Waals surface area contributed by atoms with Crippen LogP contribution in [0.5, 0.6) is 0 Å². The van der Waals surface area contributed by atoms with Gasteiger partial charge in [-0.15, -0.1) is 0 Å². The molecule has 4 nitrogen and oxygen atoms in total. The van der Waals surface area contributed by atoms with Gasteiger partial charge in [0.05, 0.1) is 16.8 Å². The van der Waals surface area contributed by atoms with Crippen LogP contribution in [0.2, 0.25) is 10.2 Å². The van der Waals surface area contributed by atoms with E-state index in [1.54, 1.807) is 6.26 Å². The second-order valence-electron chi connectivity index (χ2n) is 4.49. The molecule has 0 fully saturated rings. The Morgan fingerprint density at radius 2 is 2.30 bits per heavy atom. The molecule has 2 aromatic rings. The lowest BCUT2D eigenvalue weighted by Crippen LogP contribution is -2.32. The van der Waals surface area contributed by atoms with Gasteiger partial charge in [-0.3, -0.25) is 4.79 Å². The molecule has 0 saturated heterocycles. The van der Waals surface area contributed by atoms with Crippen molar-refractivity contribution in [2.45, 2.75) is 25.8 Å². The number of aromatic nitrogens is 1. The van der Waals surface area contributed by atoms with Gasteiger partial charge in [0.15, 0.2) is 0 Å². The number of carbonyl (C=O) groups is 1. The van der Waals surface area contributed by atoms with Crippen molar-refractivity contribution in [3.05, 3.63) is 52.2 Å². The maximum Gasteiger partial charge on any atom is 0.253 e. The summed E-state index contributed by atoms with van der Waals surface area (Å²) in [6.45, 7) is 1.94. The molecule has 0 aliphatic rings. The molecule has 0 saturated carbocycles. The van der Waals surface area contributed by atoms with Crippen LogP contribution in [0, 0.1) is 0 Å². The molecule has 0 aliphatic carbocycles. The Morgan fingerprint density at radius 3 is 2.95 bits per heavy atom. The Hall–Kier alpha value is -1.52. The number of hydrogen-bond acceptors (Lipinski definition) is 3. The van der Waals surface area contributed by atoms with E-state index in [4.69, 9.17) is 27.6 Å². The van der Waals surface area contributed by atoms with Crippen molar-refractivity contribution in [3.63, 3.8) is 0 Å². The largest absolute Gasteiger partial charge is 0.469 e. The molecular formula is C14H14Cl2N2O2. The highest BCUT2D eigenvalue weighted by Crippen LogP contribution is 2.19. The third-order valence-corrected chi connectivity index (χ3v) is 3.53. The van der Waals surface area contributed by atoms with Crippen molar-refractivity contribution in [3.8, 4) is 0 Å². The van der Waals surface area contributed by atoms with Crippen molar-refractivity contribution >= 4 is 29.1 Å². The lowest BCUT2D eigenvalue weighted by Gasteiger charge is -2.13. The van der Waals surface area contributed by atoms with E-state index in [-0.39, 0.29) is 22.1 Å². The zero-order valence-electron chi connectivity index (χ0n) is 10.9. The van der Waals surface area contributed by atoms with Gasteiger partial charge in [-0.05, 0) is 31.5 Å². The summed E-state index contributed by atoms with van der Waals surface area (Å²) in [5.74, 6) is 0.685. The summed E-state index contributed by atoms with van der Waals surface area (Å²) >= 11 is 11.5. The average molecular weight is 313 g/mol. The Labute approximate surface area is 127 Å². The number of furan rings is 1. The van der Waals surface area contributed by atoms with Crippen molar-refractivity contribution in [2.75, 3.05) is 0 Å². The number of carbonyl (C=O) groups excluding carboxylic acids is 1. The highest BCUT2D eigenvalue weighted by molar-refractivity contribution is 6.41. The van der Waals surface area contributed by atoms with Crippen molar-refractivity contribution in [1.29, 1.82) is 0 Å². The number of nitrogens with zero attached hydrogens (tertiary/aromatic N) is 1. The van der Waals surface area contributed by atoms with Gasteiger partial charge in [-0.25, -0.2) is 4.98 Å². The van der Waals surface area contributed by atoms with E-state index >= 15 is 0 Å². The number of halogens is 2. The number of aryl methyl sites for hydroxylation is 1. The zero-order chi connectivity index (χ0) is 14.5. The smallest absolute Gasteiger partial charge is 0.253 e. The molecular weight excluding hydrogens is 299 g/mol. The minimum atomic E-state index is -0.219. The molecule has 1 unspecified atom stereocenters. The minimum Gasteiger partial charge on any atom is -0.469 e. The summed E-state index contributed by atoms with van der Waals surface area (Å²) in [4.78, 5) is 15.9. The van der Waals surface area contributed by atoms with Crippen LogP contribution in [0.15, 0.2) is 35.1 Å². The molecule has 0 bridgehead atoms. The summed E-state index contributed by atoms with van der Waals surface area (Å²) in [5.41, 5.74) is 0.393. The Morgan fingerprint density at radius 1 is 1.50 bits per heavy atom. The summed E-state index contributed by atoms with van der Waals surface area (Å²) in [5, 5.41) is 3.34. The van der Waals surface area contributed by atoms with Gasteiger partial charge >= 0.3 is 0 Å². The standard InChI is InChI=1S/C14H14Cl2N2O2/c1-9(4-5-11-3-2-6-20-11)18-14(19)10-7-12(15)13(16)17-8-10/h2-3,6-9H,4-5H2,1H3,(H,18,19). The first-order valence-electron chi connectivity index (χ1n) is 6.20. The Bertz CT molecular complexity index is 585. The molecule has 0 aliphatic heterocycles. The molecule has 2 heterocycles. The van der Waals surface area contributed by atoms with Crippen molar-refractivity contribution in [1.82, 2.24) is 10.3 Å². The summed E-state index contributed by atoms with van der Waals surface area (Å²) < 4.78 is 5.25. The number of nitrogens with one attached hydrogen (secondary N) is 1. The van der Waals surface area contributed by atoms with Crippen LogP contribution < -0.4 is 5.32 Å². The number of rotatable bonds is 5. The van der Waals surface area contributed by atoms with E-state index in [1.165, 1.54) is 12.3 Å². The Kier molecular flexibility index (Phi) is 5.04. The molecule has 2 aromatic heterocycles. The van der Waals surface area contributed by atoms with E-state index in [9.17, 15) is 4.79 Å². The molecule has 0 radical (unpaired) electrons. The van der Waals surface area contributed by atoms with Gasteiger partial charge in [-0.2, -0.15) is 0 Å². The van der Waals surface area contributed by atoms with Crippen LogP contribution in [0.4, 0.5) is 0 Å². The van der Waals surface area contributed by atoms with E-state index in [0.717, 1.165) is 18.6 Å². The second kappa shape index (κ2) is 6.77. The predicted molar refractivity (Wildman–Crippen MR) is 78.2 cm³/mol. The lowest BCUT2D eigenvalue weighted by atomic mass is 10.1. The third kappa shape index (κ3) is 3.99. The highest BCUT2D eigenvalue weighted by Gasteiger charge is 2.12. The van der Waals surface area contributed by atoms with Gasteiger partial charge in [0.2, 0.25) is 0 Å². The van der Waals surface area contributed by atoms with E-state index in [2.05, 4.69) is 10.3 Å². The van der Waals surface area contributed by atoms with Gasteiger partial charge in [-0.1, -0.05) is 23.2 Å². The van der Waals surface area contributed by atoms with Gasteiger partial charge in [0.25, 0.3) is 5.91 Å². The van der Waals surface area contributed by atoms with E-state index in [0.29, 0.717) is 5.56 Å². The third-order valence-electron chi connectivity index (χ3n) is 2.84. The molecule has 1 amide bonds. The quantitative estimate of drug-likeness (QED) is 0.856. The zero-order valence-corrected chi connectivity index (χ0v) is 12.4. The molecule has 1 N–H and O–H groups in total. The SMILES string of the molecule is CC(CCc1ccco1)NC(=O)c1cnc(Cl)c(Cl)c1. The van der Waals surface area contributed by atoms with Crippen molar-refractivity contribution in [2.24, 2.45) is 0 Å².